The summed E-state index contributed by atoms with van der Waals surface area (Å²) < 4.78 is 39.4. The zero-order valence-corrected chi connectivity index (χ0v) is 12.9. The first-order chi connectivity index (χ1) is 10.8. The van der Waals surface area contributed by atoms with Gasteiger partial charge in [0.05, 0.1) is 21.8 Å². The van der Waals surface area contributed by atoms with Gasteiger partial charge in [0.1, 0.15) is 0 Å². The van der Waals surface area contributed by atoms with Crippen LogP contribution >= 0.6 is 23.2 Å². The van der Waals surface area contributed by atoms with Crippen LogP contribution < -0.4 is 0 Å². The van der Waals surface area contributed by atoms with Crippen LogP contribution in [0.3, 0.4) is 0 Å². The number of benzene rings is 2. The molecule has 1 N–H and O–H groups in total. The maximum Gasteiger partial charge on any atom is 0.418 e. The van der Waals surface area contributed by atoms with Gasteiger partial charge < -0.3 is 4.98 Å². The molecule has 3 aromatic rings. The predicted molar refractivity (Wildman–Crippen MR) is 84.1 cm³/mol. The fourth-order valence-corrected chi connectivity index (χ4v) is 3.00. The van der Waals surface area contributed by atoms with E-state index in [0.717, 1.165) is 6.07 Å². The van der Waals surface area contributed by atoms with E-state index in [2.05, 4.69) is 4.98 Å². The van der Waals surface area contributed by atoms with Crippen molar-refractivity contribution in [1.29, 1.82) is 0 Å². The first-order valence-electron chi connectivity index (χ1n) is 6.45. The molecule has 1 heterocycles. The molecular weight excluding hydrogens is 350 g/mol. The first kappa shape index (κ1) is 15.9. The summed E-state index contributed by atoms with van der Waals surface area (Å²) >= 11 is 11.9. The number of hydrogen-bond acceptors (Lipinski definition) is 1. The van der Waals surface area contributed by atoms with Crippen LogP contribution in [0, 0.1) is 0 Å². The van der Waals surface area contributed by atoms with Gasteiger partial charge in [0.2, 0.25) is 0 Å². The summed E-state index contributed by atoms with van der Waals surface area (Å²) in [5.74, 6) is 0. The second kappa shape index (κ2) is 5.58. The van der Waals surface area contributed by atoms with Crippen molar-refractivity contribution in [1.82, 2.24) is 4.98 Å². The van der Waals surface area contributed by atoms with Crippen molar-refractivity contribution in [2.45, 2.75) is 6.18 Å². The van der Waals surface area contributed by atoms with Crippen LogP contribution in [0.4, 0.5) is 13.2 Å². The number of aromatic nitrogens is 1. The summed E-state index contributed by atoms with van der Waals surface area (Å²) in [6.45, 7) is 0. The minimum atomic E-state index is -4.54. The number of alkyl halides is 3. The van der Waals surface area contributed by atoms with E-state index < -0.39 is 11.7 Å². The lowest BCUT2D eigenvalue weighted by Gasteiger charge is -2.07. The fourth-order valence-electron chi connectivity index (χ4n) is 2.50. The standard InChI is InChI=1S/C16H8Cl2F3NO/c17-8-4-5-10(13(18)6-8)14-11(7-23)9-2-1-3-12(15(9)22-14)16(19,20)21/h1-7,22H. The highest BCUT2D eigenvalue weighted by molar-refractivity contribution is 6.36. The molecule has 0 aliphatic heterocycles. The number of rotatable bonds is 2. The van der Waals surface area contributed by atoms with Crippen molar-refractivity contribution in [3.05, 3.63) is 57.6 Å². The van der Waals surface area contributed by atoms with Crippen molar-refractivity contribution in [3.8, 4) is 11.3 Å². The van der Waals surface area contributed by atoms with Gasteiger partial charge in [0.25, 0.3) is 0 Å². The molecule has 0 saturated heterocycles. The summed E-state index contributed by atoms with van der Waals surface area (Å²) in [6.07, 6.45) is -4.02. The maximum absolute atomic E-state index is 13.1. The monoisotopic (exact) mass is 357 g/mol. The number of hydrogen-bond donors (Lipinski definition) is 1. The van der Waals surface area contributed by atoms with E-state index >= 15 is 0 Å². The highest BCUT2D eigenvalue weighted by Gasteiger charge is 2.34. The summed E-state index contributed by atoms with van der Waals surface area (Å²) in [4.78, 5) is 14.1. The molecule has 0 amide bonds. The van der Waals surface area contributed by atoms with E-state index in [9.17, 15) is 18.0 Å². The van der Waals surface area contributed by atoms with E-state index in [1.165, 1.54) is 18.2 Å². The second-order valence-corrected chi connectivity index (χ2v) is 5.73. The Balaban J connectivity index is 2.36. The Labute approximate surface area is 138 Å². The number of halogens is 5. The number of carbonyl (C=O) groups excluding carboxylic acids is 1. The average Bonchev–Trinajstić information content (AvgIpc) is 2.84. The minimum absolute atomic E-state index is 0.121. The normalized spacial score (nSPS) is 11.9. The Morgan fingerprint density at radius 1 is 1.09 bits per heavy atom. The zero-order chi connectivity index (χ0) is 16.8. The van der Waals surface area contributed by atoms with Gasteiger partial charge >= 0.3 is 6.18 Å². The lowest BCUT2D eigenvalue weighted by Crippen LogP contribution is -2.05. The van der Waals surface area contributed by atoms with Crippen LogP contribution in [0.2, 0.25) is 10.0 Å². The Morgan fingerprint density at radius 2 is 1.83 bits per heavy atom. The molecule has 0 fully saturated rings. The third kappa shape index (κ3) is 2.71. The van der Waals surface area contributed by atoms with Gasteiger partial charge in [-0.05, 0) is 24.3 Å². The number of nitrogens with one attached hydrogen (secondary N) is 1. The minimum Gasteiger partial charge on any atom is -0.353 e. The van der Waals surface area contributed by atoms with Crippen LogP contribution in [0.15, 0.2) is 36.4 Å². The number of aromatic amines is 1. The fraction of sp³-hybridized carbons (Fsp3) is 0.0625. The molecular formula is C16H8Cl2F3NO. The van der Waals surface area contributed by atoms with Crippen LogP contribution in [0.1, 0.15) is 15.9 Å². The van der Waals surface area contributed by atoms with Gasteiger partial charge in [-0.15, -0.1) is 0 Å². The summed E-state index contributed by atoms with van der Waals surface area (Å²) in [5, 5.41) is 0.815. The van der Waals surface area contributed by atoms with Crippen LogP contribution in [0.5, 0.6) is 0 Å². The molecule has 0 aliphatic rings. The van der Waals surface area contributed by atoms with Crippen LogP contribution in [0.25, 0.3) is 22.2 Å². The number of H-pyrrole nitrogens is 1. The summed E-state index contributed by atoms with van der Waals surface area (Å²) in [5.41, 5.74) is -0.233. The maximum atomic E-state index is 13.1. The molecule has 7 heteroatoms. The molecule has 0 radical (unpaired) electrons. The number of aldehydes is 1. The van der Waals surface area contributed by atoms with E-state index in [-0.39, 0.29) is 27.2 Å². The van der Waals surface area contributed by atoms with Crippen molar-refractivity contribution in [3.63, 3.8) is 0 Å². The Kier molecular flexibility index (Phi) is 3.86. The van der Waals surface area contributed by atoms with E-state index in [4.69, 9.17) is 23.2 Å². The molecule has 2 aromatic carbocycles. The second-order valence-electron chi connectivity index (χ2n) is 4.88. The molecule has 0 saturated carbocycles. The third-order valence-electron chi connectivity index (χ3n) is 3.50. The molecule has 2 nitrogen and oxygen atoms in total. The van der Waals surface area contributed by atoms with Gasteiger partial charge in [-0.3, -0.25) is 4.79 Å². The van der Waals surface area contributed by atoms with Gasteiger partial charge in [0, 0.05) is 21.5 Å². The molecule has 0 unspecified atom stereocenters. The Hall–Kier alpha value is -1.98. The van der Waals surface area contributed by atoms with Crippen molar-refractivity contribution >= 4 is 40.4 Å². The largest absolute Gasteiger partial charge is 0.418 e. The van der Waals surface area contributed by atoms with E-state index in [0.29, 0.717) is 16.9 Å². The topological polar surface area (TPSA) is 32.9 Å². The number of para-hydroxylation sites is 1. The molecule has 0 aliphatic carbocycles. The highest BCUT2D eigenvalue weighted by atomic mass is 35.5. The van der Waals surface area contributed by atoms with Gasteiger partial charge in [-0.1, -0.05) is 35.3 Å². The Morgan fingerprint density at radius 3 is 2.43 bits per heavy atom. The third-order valence-corrected chi connectivity index (χ3v) is 4.05. The van der Waals surface area contributed by atoms with E-state index in [1.54, 1.807) is 12.1 Å². The zero-order valence-electron chi connectivity index (χ0n) is 11.3. The molecule has 23 heavy (non-hydrogen) atoms. The van der Waals surface area contributed by atoms with Crippen LogP contribution in [-0.2, 0) is 6.18 Å². The SMILES string of the molecule is O=Cc1c(-c2ccc(Cl)cc2Cl)[nH]c2c(C(F)(F)F)cccc12. The number of carbonyl (C=O) groups is 1. The Bertz CT molecular complexity index is 916. The molecule has 3 rings (SSSR count). The van der Waals surface area contributed by atoms with Crippen molar-refractivity contribution < 1.29 is 18.0 Å². The first-order valence-corrected chi connectivity index (χ1v) is 7.21. The lowest BCUT2D eigenvalue weighted by molar-refractivity contribution is -0.136. The lowest BCUT2D eigenvalue weighted by atomic mass is 10.0. The van der Waals surface area contributed by atoms with Crippen LogP contribution in [-0.4, -0.2) is 11.3 Å². The molecule has 0 bridgehead atoms. The predicted octanol–water partition coefficient (Wildman–Crippen LogP) is 5.97. The van der Waals surface area contributed by atoms with Gasteiger partial charge in [0.15, 0.2) is 6.29 Å². The molecule has 118 valence electrons. The molecule has 0 atom stereocenters. The highest BCUT2D eigenvalue weighted by Crippen LogP contribution is 2.39. The van der Waals surface area contributed by atoms with Gasteiger partial charge in [-0.2, -0.15) is 13.2 Å². The molecule has 0 spiro atoms. The van der Waals surface area contributed by atoms with Gasteiger partial charge in [-0.25, -0.2) is 0 Å². The average molecular weight is 358 g/mol. The quantitative estimate of drug-likeness (QED) is 0.562. The number of fused-ring (bicyclic) bond motifs is 1. The van der Waals surface area contributed by atoms with Crippen molar-refractivity contribution in [2.75, 3.05) is 0 Å². The van der Waals surface area contributed by atoms with E-state index in [1.807, 2.05) is 0 Å². The van der Waals surface area contributed by atoms with Crippen molar-refractivity contribution in [2.24, 2.45) is 0 Å². The molecule has 1 aromatic heterocycles. The smallest absolute Gasteiger partial charge is 0.353 e. The summed E-state index contributed by atoms with van der Waals surface area (Å²) in [7, 11) is 0. The summed E-state index contributed by atoms with van der Waals surface area (Å²) in [6, 6.07) is 8.24.